The van der Waals surface area contributed by atoms with Gasteiger partial charge in [-0.05, 0) is 48.1 Å². The predicted octanol–water partition coefficient (Wildman–Crippen LogP) is 2.88. The topological polar surface area (TPSA) is 40.2 Å². The third-order valence-corrected chi connectivity index (χ3v) is 3.88. The van der Waals surface area contributed by atoms with Crippen molar-refractivity contribution in [1.82, 2.24) is 4.57 Å². The summed E-state index contributed by atoms with van der Waals surface area (Å²) in [7, 11) is 1.69. The highest BCUT2D eigenvalue weighted by atomic mass is 16.5. The van der Waals surface area contributed by atoms with Crippen LogP contribution in [0, 0.1) is 0 Å². The van der Waals surface area contributed by atoms with Gasteiger partial charge in [0.1, 0.15) is 5.75 Å². The molecule has 100 valence electrons. The fourth-order valence-corrected chi connectivity index (χ4v) is 2.82. The van der Waals surface area contributed by atoms with Crippen molar-refractivity contribution in [3.63, 3.8) is 0 Å². The molecule has 1 aliphatic rings. The van der Waals surface area contributed by atoms with Crippen molar-refractivity contribution >= 4 is 0 Å². The van der Waals surface area contributed by atoms with Crippen LogP contribution >= 0.6 is 0 Å². The van der Waals surface area contributed by atoms with Crippen LogP contribution in [-0.2, 0) is 13.0 Å². The fourth-order valence-electron chi connectivity index (χ4n) is 2.82. The lowest BCUT2D eigenvalue weighted by molar-refractivity contribution is 0.414. The van der Waals surface area contributed by atoms with Gasteiger partial charge in [0.05, 0.1) is 7.11 Å². The molecule has 3 heteroatoms. The maximum Gasteiger partial charge on any atom is 0.118 e. The Balaban J connectivity index is 1.79. The number of benzene rings is 1. The molecule has 0 bridgehead atoms. The van der Waals surface area contributed by atoms with Crippen LogP contribution < -0.4 is 10.5 Å². The van der Waals surface area contributed by atoms with E-state index in [-0.39, 0.29) is 6.04 Å². The zero-order valence-electron chi connectivity index (χ0n) is 11.3. The summed E-state index contributed by atoms with van der Waals surface area (Å²) in [4.78, 5) is 0. The van der Waals surface area contributed by atoms with Crippen LogP contribution in [0.25, 0.3) is 0 Å². The molecule has 2 aromatic rings. The van der Waals surface area contributed by atoms with E-state index < -0.39 is 0 Å². The van der Waals surface area contributed by atoms with Crippen LogP contribution in [0.5, 0.6) is 5.75 Å². The summed E-state index contributed by atoms with van der Waals surface area (Å²) in [6, 6.07) is 8.45. The number of rotatable bonds is 3. The lowest BCUT2D eigenvalue weighted by Gasteiger charge is -2.17. The predicted molar refractivity (Wildman–Crippen MR) is 76.4 cm³/mol. The van der Waals surface area contributed by atoms with Crippen LogP contribution in [0.15, 0.2) is 36.7 Å². The molecule has 0 saturated carbocycles. The van der Waals surface area contributed by atoms with Gasteiger partial charge >= 0.3 is 0 Å². The molecule has 0 amide bonds. The molecule has 0 fully saturated rings. The first-order valence-electron chi connectivity index (χ1n) is 6.83. The molecule has 1 heterocycles. The Hall–Kier alpha value is -1.74. The van der Waals surface area contributed by atoms with Crippen molar-refractivity contribution in [3.05, 3.63) is 53.3 Å². The number of aryl methyl sites for hydroxylation is 1. The molecule has 1 unspecified atom stereocenters. The second kappa shape index (κ2) is 5.10. The normalized spacial score (nSPS) is 18.1. The lowest BCUT2D eigenvalue weighted by Crippen LogP contribution is -2.15. The van der Waals surface area contributed by atoms with Crippen LogP contribution in [0.2, 0.25) is 0 Å². The number of hydrogen-bond acceptors (Lipinski definition) is 2. The molecule has 0 aliphatic heterocycles. The molecule has 1 aromatic heterocycles. The van der Waals surface area contributed by atoms with Gasteiger partial charge in [0.15, 0.2) is 0 Å². The number of nitrogens with two attached hydrogens (primary N) is 1. The van der Waals surface area contributed by atoms with E-state index in [4.69, 9.17) is 10.5 Å². The molecule has 1 aromatic carbocycles. The van der Waals surface area contributed by atoms with Crippen molar-refractivity contribution in [1.29, 1.82) is 0 Å². The van der Waals surface area contributed by atoms with E-state index in [2.05, 4.69) is 29.1 Å². The summed E-state index contributed by atoms with van der Waals surface area (Å²) in [6.07, 6.45) is 7.95. The van der Waals surface area contributed by atoms with Crippen molar-refractivity contribution in [3.8, 4) is 5.75 Å². The Labute approximate surface area is 114 Å². The first kappa shape index (κ1) is 12.3. The van der Waals surface area contributed by atoms with Gasteiger partial charge in [-0.15, -0.1) is 0 Å². The quantitative estimate of drug-likeness (QED) is 0.917. The van der Waals surface area contributed by atoms with Crippen molar-refractivity contribution in [2.45, 2.75) is 31.8 Å². The Kier molecular flexibility index (Phi) is 3.30. The maximum atomic E-state index is 6.16. The Bertz CT molecular complexity index is 557. The van der Waals surface area contributed by atoms with E-state index in [1.54, 1.807) is 7.11 Å². The van der Waals surface area contributed by atoms with E-state index >= 15 is 0 Å². The Morgan fingerprint density at radius 2 is 2.05 bits per heavy atom. The number of ether oxygens (including phenoxy) is 1. The third kappa shape index (κ3) is 2.51. The van der Waals surface area contributed by atoms with Crippen molar-refractivity contribution < 1.29 is 4.74 Å². The van der Waals surface area contributed by atoms with Gasteiger partial charge in [-0.3, -0.25) is 0 Å². The molecule has 0 radical (unpaired) electrons. The lowest BCUT2D eigenvalue weighted by atomic mass is 9.92. The molecule has 0 saturated heterocycles. The SMILES string of the molecule is COc1ccc(Cn2cc3c(c2)C(N)CCC3)cc1. The first-order chi connectivity index (χ1) is 9.26. The number of hydrogen-bond donors (Lipinski definition) is 1. The van der Waals surface area contributed by atoms with Gasteiger partial charge in [0.25, 0.3) is 0 Å². The molecule has 3 nitrogen and oxygen atoms in total. The number of aromatic nitrogens is 1. The van der Waals surface area contributed by atoms with Gasteiger partial charge in [0.2, 0.25) is 0 Å². The molecular formula is C16H20N2O. The molecule has 19 heavy (non-hydrogen) atoms. The van der Waals surface area contributed by atoms with E-state index in [1.165, 1.54) is 29.5 Å². The first-order valence-corrected chi connectivity index (χ1v) is 6.83. The average Bonchev–Trinajstić information content (AvgIpc) is 2.84. The molecule has 1 atom stereocenters. The molecule has 2 N–H and O–H groups in total. The van der Waals surface area contributed by atoms with Crippen LogP contribution in [0.4, 0.5) is 0 Å². The summed E-state index contributed by atoms with van der Waals surface area (Å²) in [6.45, 7) is 0.893. The number of fused-ring (bicyclic) bond motifs is 1. The molecule has 1 aliphatic carbocycles. The van der Waals surface area contributed by atoms with Crippen molar-refractivity contribution in [2.24, 2.45) is 5.73 Å². The minimum absolute atomic E-state index is 0.223. The van der Waals surface area contributed by atoms with Gasteiger partial charge in [-0.2, -0.15) is 0 Å². The Morgan fingerprint density at radius 1 is 1.26 bits per heavy atom. The smallest absolute Gasteiger partial charge is 0.118 e. The second-order valence-electron chi connectivity index (χ2n) is 5.26. The standard InChI is InChI=1S/C16H20N2O/c1-19-14-7-5-12(6-8-14)9-18-10-13-3-2-4-16(17)15(13)11-18/h5-8,10-11,16H,2-4,9,17H2,1H3. The number of nitrogens with zero attached hydrogens (tertiary/aromatic N) is 1. The zero-order chi connectivity index (χ0) is 13.2. The Morgan fingerprint density at radius 3 is 2.74 bits per heavy atom. The zero-order valence-corrected chi connectivity index (χ0v) is 11.3. The van der Waals surface area contributed by atoms with E-state index in [0.717, 1.165) is 18.7 Å². The molecule has 3 rings (SSSR count). The van der Waals surface area contributed by atoms with Crippen molar-refractivity contribution in [2.75, 3.05) is 7.11 Å². The summed E-state index contributed by atoms with van der Waals surface area (Å²) < 4.78 is 7.42. The van der Waals surface area contributed by atoms with Crippen LogP contribution in [0.1, 0.15) is 35.6 Å². The fraction of sp³-hybridized carbons (Fsp3) is 0.375. The molecule has 0 spiro atoms. The van der Waals surface area contributed by atoms with Gasteiger partial charge in [0, 0.05) is 25.0 Å². The number of methoxy groups -OCH3 is 1. The summed E-state index contributed by atoms with van der Waals surface area (Å²) >= 11 is 0. The van der Waals surface area contributed by atoms with Crippen LogP contribution in [-0.4, -0.2) is 11.7 Å². The molecular weight excluding hydrogens is 236 g/mol. The average molecular weight is 256 g/mol. The minimum Gasteiger partial charge on any atom is -0.497 e. The largest absolute Gasteiger partial charge is 0.497 e. The maximum absolute atomic E-state index is 6.16. The monoisotopic (exact) mass is 256 g/mol. The van der Waals surface area contributed by atoms with Gasteiger partial charge < -0.3 is 15.0 Å². The summed E-state index contributed by atoms with van der Waals surface area (Å²) in [5.41, 5.74) is 10.2. The highest BCUT2D eigenvalue weighted by Crippen LogP contribution is 2.28. The summed E-state index contributed by atoms with van der Waals surface area (Å²) in [5, 5.41) is 0. The van der Waals surface area contributed by atoms with E-state index in [9.17, 15) is 0 Å². The van der Waals surface area contributed by atoms with Crippen LogP contribution in [0.3, 0.4) is 0 Å². The van der Waals surface area contributed by atoms with Gasteiger partial charge in [-0.1, -0.05) is 12.1 Å². The third-order valence-electron chi connectivity index (χ3n) is 3.88. The highest BCUT2D eigenvalue weighted by molar-refractivity contribution is 5.32. The van der Waals surface area contributed by atoms with Gasteiger partial charge in [-0.25, -0.2) is 0 Å². The van der Waals surface area contributed by atoms with E-state index in [1.807, 2.05) is 12.1 Å². The second-order valence-corrected chi connectivity index (χ2v) is 5.26. The summed E-state index contributed by atoms with van der Waals surface area (Å²) in [5.74, 6) is 0.901. The minimum atomic E-state index is 0.223. The highest BCUT2D eigenvalue weighted by Gasteiger charge is 2.18. The van der Waals surface area contributed by atoms with E-state index in [0.29, 0.717) is 0 Å².